The Morgan fingerprint density at radius 1 is 1.12 bits per heavy atom. The molecule has 26 heavy (non-hydrogen) atoms. The minimum Gasteiger partial charge on any atom is -0.352 e. The Morgan fingerprint density at radius 2 is 1.96 bits per heavy atom. The van der Waals surface area contributed by atoms with Crippen molar-refractivity contribution in [1.29, 1.82) is 0 Å². The van der Waals surface area contributed by atoms with Crippen LogP contribution in [0.4, 0.5) is 5.82 Å². The molecule has 1 N–H and O–H groups in total. The third-order valence-corrected chi connectivity index (χ3v) is 5.10. The number of amides is 1. The molecule has 8 nitrogen and oxygen atoms in total. The monoisotopic (exact) mass is 368 g/mol. The average molecular weight is 368 g/mol. The Labute approximate surface area is 153 Å². The highest BCUT2D eigenvalue weighted by molar-refractivity contribution is 7.13. The summed E-state index contributed by atoms with van der Waals surface area (Å²) in [7, 11) is 0. The van der Waals surface area contributed by atoms with Crippen molar-refractivity contribution in [3.63, 3.8) is 0 Å². The molecule has 4 heterocycles. The van der Waals surface area contributed by atoms with Crippen LogP contribution in [0.3, 0.4) is 0 Å². The average Bonchev–Trinajstić information content (AvgIpc) is 3.23. The maximum Gasteiger partial charge on any atom is 0.264 e. The van der Waals surface area contributed by atoms with E-state index in [1.54, 1.807) is 23.5 Å². The molecule has 1 aliphatic heterocycles. The SMILES string of the molecule is O=C(c1cnc(-c2cccs2)[nH]c1=O)N1CCN(c2cnccn2)CC1. The molecule has 132 valence electrons. The first kappa shape index (κ1) is 16.4. The van der Waals surface area contributed by atoms with Crippen molar-refractivity contribution in [3.05, 3.63) is 58.2 Å². The number of thiophene rings is 1. The zero-order valence-electron chi connectivity index (χ0n) is 13.8. The standard InChI is InChI=1S/C17H16N6O2S/c24-16-12(10-20-15(21-16)13-2-1-9-26-13)17(25)23-7-5-22(6-8-23)14-11-18-3-4-19-14/h1-4,9-11H,5-8H2,(H,20,21,24). The molecule has 0 saturated carbocycles. The molecule has 0 unspecified atom stereocenters. The van der Waals surface area contributed by atoms with Gasteiger partial charge in [-0.3, -0.25) is 14.6 Å². The molecular weight excluding hydrogens is 352 g/mol. The highest BCUT2D eigenvalue weighted by atomic mass is 32.1. The van der Waals surface area contributed by atoms with Gasteiger partial charge in [-0.2, -0.15) is 0 Å². The number of nitrogens with one attached hydrogen (secondary N) is 1. The van der Waals surface area contributed by atoms with Crippen molar-refractivity contribution < 1.29 is 4.79 Å². The molecule has 9 heteroatoms. The predicted octanol–water partition coefficient (Wildman–Crippen LogP) is 1.25. The third-order valence-electron chi connectivity index (χ3n) is 4.22. The first-order chi connectivity index (χ1) is 12.7. The van der Waals surface area contributed by atoms with Crippen LogP contribution >= 0.6 is 11.3 Å². The van der Waals surface area contributed by atoms with Gasteiger partial charge in [0.15, 0.2) is 0 Å². The van der Waals surface area contributed by atoms with E-state index >= 15 is 0 Å². The molecule has 0 bridgehead atoms. The molecule has 3 aromatic rings. The minimum absolute atomic E-state index is 0.0678. The van der Waals surface area contributed by atoms with E-state index in [1.165, 1.54) is 17.5 Å². The van der Waals surface area contributed by atoms with E-state index in [-0.39, 0.29) is 11.5 Å². The second-order valence-electron chi connectivity index (χ2n) is 5.79. The molecule has 1 saturated heterocycles. The van der Waals surface area contributed by atoms with Crippen molar-refractivity contribution >= 4 is 23.1 Å². The summed E-state index contributed by atoms with van der Waals surface area (Å²) in [4.78, 5) is 44.9. The van der Waals surface area contributed by atoms with Gasteiger partial charge >= 0.3 is 0 Å². The number of H-pyrrole nitrogens is 1. The number of rotatable bonds is 3. The van der Waals surface area contributed by atoms with Gasteiger partial charge < -0.3 is 14.8 Å². The molecule has 0 aliphatic carbocycles. The van der Waals surface area contributed by atoms with Crippen LogP contribution in [-0.2, 0) is 0 Å². The molecule has 4 rings (SSSR count). The number of hydrogen-bond donors (Lipinski definition) is 1. The lowest BCUT2D eigenvalue weighted by Crippen LogP contribution is -2.50. The Hall–Kier alpha value is -3.07. The summed E-state index contributed by atoms with van der Waals surface area (Å²) in [5.41, 5.74) is -0.344. The molecule has 1 amide bonds. The van der Waals surface area contributed by atoms with Gasteiger partial charge in [-0.15, -0.1) is 11.3 Å². The Bertz CT molecular complexity index is 949. The number of aromatic amines is 1. The Kier molecular flexibility index (Phi) is 4.44. The number of carbonyl (C=O) groups is 1. The van der Waals surface area contributed by atoms with Crippen LogP contribution in [0, 0.1) is 0 Å². The maximum absolute atomic E-state index is 12.7. The summed E-state index contributed by atoms with van der Waals surface area (Å²) in [5, 5.41) is 1.91. The van der Waals surface area contributed by atoms with Gasteiger partial charge in [0.2, 0.25) is 0 Å². The lowest BCUT2D eigenvalue weighted by atomic mass is 10.2. The topological polar surface area (TPSA) is 95.1 Å². The molecule has 0 spiro atoms. The van der Waals surface area contributed by atoms with Gasteiger partial charge in [0.05, 0.1) is 11.1 Å². The van der Waals surface area contributed by atoms with Crippen LogP contribution in [0.15, 0.2) is 47.1 Å². The highest BCUT2D eigenvalue weighted by Gasteiger charge is 2.25. The van der Waals surface area contributed by atoms with E-state index in [1.807, 2.05) is 17.5 Å². The second-order valence-corrected chi connectivity index (χ2v) is 6.74. The largest absolute Gasteiger partial charge is 0.352 e. The van der Waals surface area contributed by atoms with Crippen LogP contribution in [0.25, 0.3) is 10.7 Å². The fraction of sp³-hybridized carbons (Fsp3) is 0.235. The second kappa shape index (κ2) is 7.04. The smallest absolute Gasteiger partial charge is 0.264 e. The highest BCUT2D eigenvalue weighted by Crippen LogP contribution is 2.19. The van der Waals surface area contributed by atoms with Crippen molar-refractivity contribution in [1.82, 2.24) is 24.8 Å². The summed E-state index contributed by atoms with van der Waals surface area (Å²) in [6.07, 6.45) is 6.34. The van der Waals surface area contributed by atoms with Crippen molar-refractivity contribution in [2.75, 3.05) is 31.1 Å². The van der Waals surface area contributed by atoms with Crippen molar-refractivity contribution in [2.45, 2.75) is 0 Å². The summed E-state index contributed by atoms with van der Waals surface area (Å²) in [6.45, 7) is 2.31. The minimum atomic E-state index is -0.412. The van der Waals surface area contributed by atoms with E-state index in [0.29, 0.717) is 32.0 Å². The van der Waals surface area contributed by atoms with Gasteiger partial charge in [-0.25, -0.2) is 9.97 Å². The molecule has 1 fully saturated rings. The van der Waals surface area contributed by atoms with Gasteiger partial charge in [0.25, 0.3) is 11.5 Å². The van der Waals surface area contributed by atoms with Gasteiger partial charge in [0, 0.05) is 44.8 Å². The van der Waals surface area contributed by atoms with Gasteiger partial charge in [-0.05, 0) is 11.4 Å². The van der Waals surface area contributed by atoms with Gasteiger partial charge in [0.1, 0.15) is 17.2 Å². The van der Waals surface area contributed by atoms with E-state index in [4.69, 9.17) is 0 Å². The summed E-state index contributed by atoms with van der Waals surface area (Å²) in [5.74, 6) is 0.976. The zero-order chi connectivity index (χ0) is 17.9. The summed E-state index contributed by atoms with van der Waals surface area (Å²) in [6, 6.07) is 3.76. The quantitative estimate of drug-likeness (QED) is 0.748. The Morgan fingerprint density at radius 3 is 2.62 bits per heavy atom. The molecule has 0 aromatic carbocycles. The molecule has 0 atom stereocenters. The first-order valence-electron chi connectivity index (χ1n) is 8.16. The number of hydrogen-bond acceptors (Lipinski definition) is 7. The number of anilines is 1. The maximum atomic E-state index is 12.7. The number of nitrogens with zero attached hydrogens (tertiary/aromatic N) is 5. The van der Waals surface area contributed by atoms with Crippen molar-refractivity contribution in [3.8, 4) is 10.7 Å². The van der Waals surface area contributed by atoms with E-state index < -0.39 is 5.56 Å². The number of aromatic nitrogens is 4. The lowest BCUT2D eigenvalue weighted by Gasteiger charge is -2.35. The Balaban J connectivity index is 1.46. The molecule has 3 aromatic heterocycles. The fourth-order valence-corrected chi connectivity index (χ4v) is 3.53. The van der Waals surface area contributed by atoms with Crippen LogP contribution in [-0.4, -0.2) is 56.9 Å². The summed E-state index contributed by atoms with van der Waals surface area (Å²) >= 11 is 1.48. The predicted molar refractivity (Wildman–Crippen MR) is 98.3 cm³/mol. The molecule has 1 aliphatic rings. The molecule has 0 radical (unpaired) electrons. The summed E-state index contributed by atoms with van der Waals surface area (Å²) < 4.78 is 0. The first-order valence-corrected chi connectivity index (χ1v) is 9.04. The van der Waals surface area contributed by atoms with E-state index in [9.17, 15) is 9.59 Å². The zero-order valence-corrected chi connectivity index (χ0v) is 14.6. The number of piperazine rings is 1. The van der Waals surface area contributed by atoms with Crippen LogP contribution in [0.1, 0.15) is 10.4 Å². The third kappa shape index (κ3) is 3.21. The number of carbonyl (C=O) groups excluding carboxylic acids is 1. The lowest BCUT2D eigenvalue weighted by molar-refractivity contribution is 0.0744. The fourth-order valence-electron chi connectivity index (χ4n) is 2.85. The van der Waals surface area contributed by atoms with E-state index in [0.717, 1.165) is 10.7 Å². The van der Waals surface area contributed by atoms with Crippen molar-refractivity contribution in [2.24, 2.45) is 0 Å². The normalized spacial score (nSPS) is 14.5. The van der Waals surface area contributed by atoms with Crippen LogP contribution < -0.4 is 10.5 Å². The van der Waals surface area contributed by atoms with Crippen LogP contribution in [0.2, 0.25) is 0 Å². The molecular formula is C17H16N6O2S. The van der Waals surface area contributed by atoms with E-state index in [2.05, 4.69) is 24.8 Å². The van der Waals surface area contributed by atoms with Gasteiger partial charge in [-0.1, -0.05) is 6.07 Å². The van der Waals surface area contributed by atoms with Crippen LogP contribution in [0.5, 0.6) is 0 Å².